The van der Waals surface area contributed by atoms with E-state index in [1.54, 1.807) is 6.07 Å². The molecule has 0 radical (unpaired) electrons. The average molecular weight is 817 g/mol. The molecule has 0 amide bonds. The molecule has 2 heterocycles. The number of pyridine rings is 2. The van der Waals surface area contributed by atoms with Gasteiger partial charge in [0.05, 0.1) is 24.1 Å². The van der Waals surface area contributed by atoms with E-state index >= 15 is 0 Å². The summed E-state index contributed by atoms with van der Waals surface area (Å²) < 4.78 is 26.2. The van der Waals surface area contributed by atoms with Gasteiger partial charge in [0, 0.05) is 23.9 Å². The number of ether oxygens (including phenoxy) is 2. The molecule has 0 N–H and O–H groups in total. The largest absolute Gasteiger partial charge is 0.489 e. The number of halogens is 1. The minimum atomic E-state index is -0.555. The second-order valence-electron chi connectivity index (χ2n) is 17.8. The van der Waals surface area contributed by atoms with Crippen LogP contribution in [0, 0.1) is 31.6 Å². The molecule has 5 heteroatoms. The Hall–Kier alpha value is -5.13. The third-order valence-corrected chi connectivity index (χ3v) is 12.8. The van der Waals surface area contributed by atoms with Gasteiger partial charge in [-0.05, 0) is 135 Å². The summed E-state index contributed by atoms with van der Waals surface area (Å²) in [7, 11) is 0. The van der Waals surface area contributed by atoms with Crippen molar-refractivity contribution in [3.05, 3.63) is 150 Å². The molecule has 0 saturated heterocycles. The second kappa shape index (κ2) is 22.1. The van der Waals surface area contributed by atoms with E-state index in [0.717, 1.165) is 66.5 Å². The van der Waals surface area contributed by atoms with Gasteiger partial charge in [-0.25, -0.2) is 4.98 Å². The molecule has 318 valence electrons. The molecule has 2 fully saturated rings. The van der Waals surface area contributed by atoms with Crippen LogP contribution in [0.25, 0.3) is 44.8 Å². The number of aromatic nitrogens is 2. The van der Waals surface area contributed by atoms with Crippen molar-refractivity contribution >= 4 is 0 Å². The minimum absolute atomic E-state index is 0.222. The van der Waals surface area contributed by atoms with Crippen molar-refractivity contribution in [1.29, 1.82) is 0 Å². The van der Waals surface area contributed by atoms with Gasteiger partial charge >= 0.3 is 0 Å². The zero-order valence-electron chi connectivity index (χ0n) is 36.9. The fraction of sp³-hybridized carbons (Fsp3) is 0.393. The predicted molar refractivity (Wildman–Crippen MR) is 251 cm³/mol. The van der Waals surface area contributed by atoms with Gasteiger partial charge < -0.3 is 9.47 Å². The van der Waals surface area contributed by atoms with Crippen LogP contribution < -0.4 is 4.74 Å². The smallest absolute Gasteiger partial charge is 0.255 e. The first-order valence-electron chi connectivity index (χ1n) is 23.0. The number of rotatable bonds is 14. The van der Waals surface area contributed by atoms with Crippen molar-refractivity contribution < 1.29 is 13.9 Å². The van der Waals surface area contributed by atoms with E-state index in [4.69, 9.17) is 14.5 Å². The van der Waals surface area contributed by atoms with Crippen LogP contribution in [-0.2, 0) is 4.74 Å². The maximum atomic E-state index is 14.5. The summed E-state index contributed by atoms with van der Waals surface area (Å²) >= 11 is 0. The Labute approximate surface area is 365 Å². The normalized spacial score (nSPS) is 18.8. The zero-order valence-corrected chi connectivity index (χ0v) is 36.9. The lowest BCUT2D eigenvalue weighted by molar-refractivity contribution is 0.0178. The molecule has 0 bridgehead atoms. The molecule has 2 saturated carbocycles. The third kappa shape index (κ3) is 12.9. The number of nitrogens with zero attached hydrogens (tertiary/aromatic N) is 2. The van der Waals surface area contributed by atoms with Crippen LogP contribution in [0.4, 0.5) is 4.39 Å². The SMILES string of the molecule is Cc1ccc(-c2ccc(-c3ccc(C4CCC(C)CC4)cn3)cc2)cc1.Cc1ccc(-c2ccc(-c3ccc(OCCCCCCOC4CCC(C)CC4)c(F)n3)cc2)cc1. The number of hydrogen-bond donors (Lipinski definition) is 0. The van der Waals surface area contributed by atoms with Crippen molar-refractivity contribution in [1.82, 2.24) is 9.97 Å². The third-order valence-electron chi connectivity index (χ3n) is 12.8. The molecule has 0 unspecified atom stereocenters. The number of benzene rings is 4. The van der Waals surface area contributed by atoms with Crippen molar-refractivity contribution in [2.45, 2.75) is 117 Å². The van der Waals surface area contributed by atoms with E-state index < -0.39 is 5.95 Å². The van der Waals surface area contributed by atoms with Crippen LogP contribution in [-0.4, -0.2) is 29.3 Å². The Balaban J connectivity index is 0.000000192. The monoisotopic (exact) mass is 817 g/mol. The highest BCUT2D eigenvalue weighted by atomic mass is 19.1. The molecule has 2 aromatic heterocycles. The highest BCUT2D eigenvalue weighted by molar-refractivity contribution is 5.70. The van der Waals surface area contributed by atoms with Gasteiger partial charge in [-0.2, -0.15) is 4.39 Å². The second-order valence-corrected chi connectivity index (χ2v) is 17.8. The Morgan fingerprint density at radius 1 is 0.492 bits per heavy atom. The fourth-order valence-electron chi connectivity index (χ4n) is 8.65. The van der Waals surface area contributed by atoms with Gasteiger partial charge in [-0.15, -0.1) is 0 Å². The first kappa shape index (κ1) is 43.9. The van der Waals surface area contributed by atoms with Gasteiger partial charge in [0.15, 0.2) is 5.75 Å². The lowest BCUT2D eigenvalue weighted by atomic mass is 9.80. The van der Waals surface area contributed by atoms with Gasteiger partial charge in [-0.1, -0.05) is 147 Å². The Bertz CT molecular complexity index is 2200. The molecule has 4 aromatic carbocycles. The number of hydrogen-bond acceptors (Lipinski definition) is 4. The summed E-state index contributed by atoms with van der Waals surface area (Å²) in [5.74, 6) is 2.13. The summed E-state index contributed by atoms with van der Waals surface area (Å²) in [5, 5.41) is 0. The first-order valence-corrected chi connectivity index (χ1v) is 23.0. The molecule has 61 heavy (non-hydrogen) atoms. The van der Waals surface area contributed by atoms with Crippen molar-refractivity contribution in [3.8, 4) is 50.5 Å². The first-order chi connectivity index (χ1) is 29.8. The van der Waals surface area contributed by atoms with E-state index in [1.807, 2.05) is 30.3 Å². The highest BCUT2D eigenvalue weighted by Gasteiger charge is 2.20. The van der Waals surface area contributed by atoms with Crippen LogP contribution in [0.2, 0.25) is 0 Å². The topological polar surface area (TPSA) is 44.2 Å². The van der Waals surface area contributed by atoms with Crippen molar-refractivity contribution in [3.63, 3.8) is 0 Å². The molecular weight excluding hydrogens is 752 g/mol. The van der Waals surface area contributed by atoms with Gasteiger partial charge in [0.25, 0.3) is 5.95 Å². The molecule has 0 spiro atoms. The summed E-state index contributed by atoms with van der Waals surface area (Å²) in [5.41, 5.74) is 12.5. The standard InChI is InChI=1S/C31H38FNO2.C25H27N/c1-23-7-11-25(12-8-23)26-13-15-27(16-14-26)29-19-20-30(31(32)33-29)35-22-6-4-3-5-21-34-28-17-9-24(2)10-18-28;1-18-3-7-20(8-4-18)21-11-13-23(14-12-21)25-16-15-24(17-26-25)22-9-5-19(2)6-10-22/h7-8,11-16,19-20,24,28H,3-6,9-10,17-18,21-22H2,1-2H3;3-4,7-8,11-17,19,22H,5-6,9-10H2,1-2H3. The molecule has 0 atom stereocenters. The lowest BCUT2D eigenvalue weighted by Crippen LogP contribution is -2.20. The van der Waals surface area contributed by atoms with Crippen LogP contribution in [0.3, 0.4) is 0 Å². The molecule has 2 aliphatic carbocycles. The zero-order chi connectivity index (χ0) is 42.4. The Morgan fingerprint density at radius 2 is 0.951 bits per heavy atom. The Kier molecular flexibility index (Phi) is 15.9. The maximum Gasteiger partial charge on any atom is 0.255 e. The Morgan fingerprint density at radius 3 is 1.46 bits per heavy atom. The summed E-state index contributed by atoms with van der Waals surface area (Å²) in [6.07, 6.45) is 17.1. The summed E-state index contributed by atoms with van der Waals surface area (Å²) in [6, 6.07) is 41.9. The van der Waals surface area contributed by atoms with Crippen LogP contribution in [0.5, 0.6) is 5.75 Å². The average Bonchev–Trinajstić information content (AvgIpc) is 3.29. The molecular formula is C56H65FN2O2. The summed E-state index contributed by atoms with van der Waals surface area (Å²) in [4.78, 5) is 8.89. The molecule has 8 rings (SSSR count). The fourth-order valence-corrected chi connectivity index (χ4v) is 8.65. The van der Waals surface area contributed by atoms with E-state index in [-0.39, 0.29) is 5.75 Å². The molecule has 2 aliphatic rings. The maximum absolute atomic E-state index is 14.5. The van der Waals surface area contributed by atoms with E-state index in [2.05, 4.69) is 124 Å². The quantitative estimate of drug-likeness (QED) is 0.0811. The van der Waals surface area contributed by atoms with Crippen molar-refractivity contribution in [2.24, 2.45) is 11.8 Å². The predicted octanol–water partition coefficient (Wildman–Crippen LogP) is 15.4. The number of unbranched alkanes of at least 4 members (excludes halogenated alkanes) is 3. The molecule has 0 aliphatic heterocycles. The minimum Gasteiger partial charge on any atom is -0.489 e. The van der Waals surface area contributed by atoms with E-state index in [9.17, 15) is 4.39 Å². The van der Waals surface area contributed by atoms with Crippen LogP contribution in [0.15, 0.2) is 128 Å². The van der Waals surface area contributed by atoms with Crippen LogP contribution >= 0.6 is 0 Å². The van der Waals surface area contributed by atoms with Gasteiger partial charge in [0.1, 0.15) is 0 Å². The van der Waals surface area contributed by atoms with Gasteiger partial charge in [0.2, 0.25) is 0 Å². The number of aryl methyl sites for hydroxylation is 2. The van der Waals surface area contributed by atoms with E-state index in [1.165, 1.54) is 84.7 Å². The van der Waals surface area contributed by atoms with E-state index in [0.29, 0.717) is 24.3 Å². The van der Waals surface area contributed by atoms with Gasteiger partial charge in [-0.3, -0.25) is 4.98 Å². The molecule has 6 aromatic rings. The lowest BCUT2D eigenvalue weighted by Gasteiger charge is -2.26. The highest BCUT2D eigenvalue weighted by Crippen LogP contribution is 2.36. The summed E-state index contributed by atoms with van der Waals surface area (Å²) in [6.45, 7) is 10.3. The van der Waals surface area contributed by atoms with Crippen LogP contribution in [0.1, 0.15) is 114 Å². The van der Waals surface area contributed by atoms with Crippen molar-refractivity contribution in [2.75, 3.05) is 13.2 Å². The molecule has 4 nitrogen and oxygen atoms in total.